The fourth-order valence-electron chi connectivity index (χ4n) is 0. The van der Waals surface area contributed by atoms with E-state index in [0.29, 0.717) is 0 Å². The van der Waals surface area contributed by atoms with Crippen molar-refractivity contribution < 1.29 is 51.4 Å². The van der Waals surface area contributed by atoms with Crippen LogP contribution in [0.2, 0.25) is 0 Å². The Labute approximate surface area is 76.1 Å². The summed E-state index contributed by atoms with van der Waals surface area (Å²) in [5, 5.41) is 0. The van der Waals surface area contributed by atoms with Crippen molar-refractivity contribution in [3.05, 3.63) is 19.1 Å². The third-order valence-corrected chi connectivity index (χ3v) is 0.236. The molecule has 0 radical (unpaired) electrons. The molecule has 0 bridgehead atoms. The van der Waals surface area contributed by atoms with Crippen molar-refractivity contribution >= 4 is 0 Å². The molecule has 0 rings (SSSR count). The van der Waals surface area contributed by atoms with E-state index in [2.05, 4.69) is 6.92 Å². The number of hydrogen-bond acceptors (Lipinski definition) is 0. The zero-order valence-electron chi connectivity index (χ0n) is 3.86. The van der Waals surface area contributed by atoms with Gasteiger partial charge >= 0.3 is 51.4 Å². The smallest absolute Gasteiger partial charge is 0.245 e. The van der Waals surface area contributed by atoms with E-state index in [1.54, 1.807) is 6.08 Å². The number of allylic oxidation sites excluding steroid dienone is 2. The number of hydrogen-bond donors (Lipinski definition) is 0. The van der Waals surface area contributed by atoms with Gasteiger partial charge in [0.2, 0.25) is 0 Å². The van der Waals surface area contributed by atoms with Gasteiger partial charge in [-0.05, 0) is 0 Å². The molecule has 0 saturated carbocycles. The third kappa shape index (κ3) is 11.0. The van der Waals surface area contributed by atoms with Gasteiger partial charge in [0.15, 0.2) is 0 Å². The van der Waals surface area contributed by atoms with Gasteiger partial charge in [-0.15, -0.1) is 6.92 Å². The Balaban J connectivity index is 0. The van der Waals surface area contributed by atoms with Crippen molar-refractivity contribution in [3.63, 3.8) is 0 Å². The van der Waals surface area contributed by atoms with Gasteiger partial charge in [0.1, 0.15) is 0 Å². The standard InChI is InChI=1S/C4H7.K/c1-3-4-2;/h3-4H,1H2,2H3;/q-1;+1/b4-3+;. The summed E-state index contributed by atoms with van der Waals surface area (Å²) in [4.78, 5) is 0. The van der Waals surface area contributed by atoms with Crippen molar-refractivity contribution in [1.29, 1.82) is 0 Å². The van der Waals surface area contributed by atoms with Gasteiger partial charge in [-0.25, -0.2) is 19.1 Å². The van der Waals surface area contributed by atoms with E-state index >= 15 is 0 Å². The first-order chi connectivity index (χ1) is 1.91. The topological polar surface area (TPSA) is 0 Å². The molecule has 24 valence electrons. The Morgan fingerprint density at radius 3 is 1.80 bits per heavy atom. The summed E-state index contributed by atoms with van der Waals surface area (Å²) in [6.45, 7) is 5.36. The molecule has 0 aromatic rings. The van der Waals surface area contributed by atoms with Crippen molar-refractivity contribution in [2.75, 3.05) is 0 Å². The molecule has 0 amide bonds. The van der Waals surface area contributed by atoms with Gasteiger partial charge in [-0.2, -0.15) is 0 Å². The number of rotatable bonds is 0. The largest absolute Gasteiger partial charge is 1.00 e. The van der Waals surface area contributed by atoms with E-state index in [1.807, 2.05) is 13.0 Å². The zero-order valence-corrected chi connectivity index (χ0v) is 6.98. The minimum absolute atomic E-state index is 0. The predicted octanol–water partition coefficient (Wildman–Crippen LogP) is -1.60. The molecular weight excluding hydrogens is 87.1 g/mol. The summed E-state index contributed by atoms with van der Waals surface area (Å²) in [5.41, 5.74) is 0. The minimum Gasteiger partial charge on any atom is -0.245 e. The quantitative estimate of drug-likeness (QED) is 0.250. The summed E-state index contributed by atoms with van der Waals surface area (Å²) >= 11 is 0. The molecule has 0 aliphatic rings. The van der Waals surface area contributed by atoms with Crippen LogP contribution >= 0.6 is 0 Å². The van der Waals surface area contributed by atoms with E-state index in [9.17, 15) is 0 Å². The summed E-state index contributed by atoms with van der Waals surface area (Å²) in [7, 11) is 0. The average molecular weight is 94.2 g/mol. The Morgan fingerprint density at radius 1 is 1.60 bits per heavy atom. The third-order valence-electron chi connectivity index (χ3n) is 0.236. The average Bonchev–Trinajstić information content (AvgIpc) is 1.37. The second kappa shape index (κ2) is 8.98. The molecule has 0 aromatic heterocycles. The fourth-order valence-corrected chi connectivity index (χ4v) is 0. The Morgan fingerprint density at radius 2 is 1.80 bits per heavy atom. The van der Waals surface area contributed by atoms with Crippen LogP contribution in [0.4, 0.5) is 0 Å². The van der Waals surface area contributed by atoms with Crippen molar-refractivity contribution in [1.82, 2.24) is 0 Å². The van der Waals surface area contributed by atoms with Gasteiger partial charge in [0, 0.05) is 0 Å². The maximum atomic E-state index is 3.42. The van der Waals surface area contributed by atoms with E-state index < -0.39 is 0 Å². The molecule has 0 aliphatic carbocycles. The molecule has 0 fully saturated rings. The van der Waals surface area contributed by atoms with E-state index in [4.69, 9.17) is 0 Å². The first-order valence-corrected chi connectivity index (χ1v) is 1.32. The molecule has 0 heterocycles. The van der Waals surface area contributed by atoms with Gasteiger partial charge < -0.3 is 0 Å². The van der Waals surface area contributed by atoms with Crippen LogP contribution in [0.15, 0.2) is 12.2 Å². The van der Waals surface area contributed by atoms with Crippen LogP contribution in [0.5, 0.6) is 0 Å². The molecule has 0 atom stereocenters. The van der Waals surface area contributed by atoms with Crippen LogP contribution in [-0.4, -0.2) is 0 Å². The van der Waals surface area contributed by atoms with Crippen LogP contribution in [0.25, 0.3) is 0 Å². The molecule has 0 aromatic carbocycles. The molecule has 5 heavy (non-hydrogen) atoms. The maximum absolute atomic E-state index is 3.42. The Hall–Kier alpha value is 1.25. The van der Waals surface area contributed by atoms with Gasteiger partial charge in [-0.1, -0.05) is 0 Å². The van der Waals surface area contributed by atoms with Gasteiger partial charge in [0.05, 0.1) is 0 Å². The molecule has 0 N–H and O–H groups in total. The Bertz CT molecular complexity index is 18.8. The normalized spacial score (nSPS) is 7.40. The molecule has 0 aliphatic heterocycles. The van der Waals surface area contributed by atoms with Crippen LogP contribution in [0, 0.1) is 6.92 Å². The van der Waals surface area contributed by atoms with Crippen molar-refractivity contribution in [2.24, 2.45) is 0 Å². The monoisotopic (exact) mass is 94.0 g/mol. The first-order valence-electron chi connectivity index (χ1n) is 1.32. The van der Waals surface area contributed by atoms with Crippen LogP contribution in [0.3, 0.4) is 0 Å². The molecule has 0 unspecified atom stereocenters. The predicted molar refractivity (Wildman–Crippen MR) is 20.2 cm³/mol. The van der Waals surface area contributed by atoms with E-state index in [1.165, 1.54) is 0 Å². The van der Waals surface area contributed by atoms with Crippen LogP contribution < -0.4 is 51.4 Å². The van der Waals surface area contributed by atoms with Gasteiger partial charge in [0.25, 0.3) is 0 Å². The Kier molecular flexibility index (Phi) is 17.1. The molecule has 0 nitrogen and oxygen atoms in total. The zero-order chi connectivity index (χ0) is 3.41. The van der Waals surface area contributed by atoms with E-state index in [0.717, 1.165) is 0 Å². The second-order valence-corrected chi connectivity index (χ2v) is 0.569. The summed E-state index contributed by atoms with van der Waals surface area (Å²) in [5.74, 6) is 0. The van der Waals surface area contributed by atoms with Crippen LogP contribution in [0.1, 0.15) is 6.92 Å². The second-order valence-electron chi connectivity index (χ2n) is 0.569. The molecule has 0 saturated heterocycles. The van der Waals surface area contributed by atoms with E-state index in [-0.39, 0.29) is 51.4 Å². The van der Waals surface area contributed by atoms with Crippen molar-refractivity contribution in [3.8, 4) is 0 Å². The maximum Gasteiger partial charge on any atom is 1.00 e. The summed E-state index contributed by atoms with van der Waals surface area (Å²) < 4.78 is 0. The fraction of sp³-hybridized carbons (Fsp3) is 0.250. The summed E-state index contributed by atoms with van der Waals surface area (Å²) in [6, 6.07) is 0. The van der Waals surface area contributed by atoms with Crippen LogP contribution in [-0.2, 0) is 0 Å². The molecule has 0 spiro atoms. The van der Waals surface area contributed by atoms with Crippen molar-refractivity contribution in [2.45, 2.75) is 6.92 Å². The molecular formula is C4H7K. The minimum atomic E-state index is 0. The first kappa shape index (κ1) is 9.53. The molecule has 1 heteroatoms. The summed E-state index contributed by atoms with van der Waals surface area (Å²) in [6.07, 6.45) is 3.64. The van der Waals surface area contributed by atoms with Gasteiger partial charge in [-0.3, -0.25) is 0 Å². The SMILES string of the molecule is [CH2-]/C=C/C.[K+].